The number of nitrogens with zero attached hydrogens (tertiary/aromatic N) is 4. The molecule has 2 aromatic carbocycles. The number of hydrogen-bond donors (Lipinski definition) is 2. The second-order valence-corrected chi connectivity index (χ2v) is 10.9. The quantitative estimate of drug-likeness (QED) is 0.305. The number of carbonyl (C=O) groups is 1. The van der Waals surface area contributed by atoms with E-state index in [0.29, 0.717) is 32.5 Å². The fourth-order valence-corrected chi connectivity index (χ4v) is 7.01. The number of para-hydroxylation sites is 2. The van der Waals surface area contributed by atoms with Crippen molar-refractivity contribution in [3.05, 3.63) is 98.2 Å². The van der Waals surface area contributed by atoms with Gasteiger partial charge in [0.2, 0.25) is 5.91 Å². The Morgan fingerprint density at radius 2 is 2.00 bits per heavy atom. The number of amides is 1. The molecule has 4 atom stereocenters. The van der Waals surface area contributed by atoms with Gasteiger partial charge in [-0.05, 0) is 48.6 Å². The average Bonchev–Trinajstić information content (AvgIpc) is 3.35. The van der Waals surface area contributed by atoms with Crippen molar-refractivity contribution in [3.63, 3.8) is 0 Å². The number of anilines is 1. The number of nitrogens with one attached hydrogen (secondary N) is 2. The second kappa shape index (κ2) is 9.07. The Hall–Kier alpha value is -4.47. The first kappa shape index (κ1) is 23.6. The van der Waals surface area contributed by atoms with Crippen molar-refractivity contribution in [2.45, 2.75) is 37.8 Å². The third-order valence-electron chi connectivity index (χ3n) is 8.64. The van der Waals surface area contributed by atoms with Crippen molar-refractivity contribution in [3.8, 4) is 0 Å². The van der Waals surface area contributed by atoms with E-state index in [0.717, 1.165) is 40.2 Å². The van der Waals surface area contributed by atoms with Crippen LogP contribution in [0.3, 0.4) is 0 Å². The van der Waals surface area contributed by atoms with E-state index >= 15 is 0 Å². The molecule has 3 aliphatic rings. The van der Waals surface area contributed by atoms with Crippen molar-refractivity contribution >= 4 is 28.3 Å². The Morgan fingerprint density at radius 3 is 2.85 bits per heavy atom. The first-order valence-corrected chi connectivity index (χ1v) is 13.4. The Morgan fingerprint density at radius 1 is 1.13 bits per heavy atom. The van der Waals surface area contributed by atoms with Crippen LogP contribution in [0, 0.1) is 22.0 Å². The minimum atomic E-state index is -0.387. The van der Waals surface area contributed by atoms with Gasteiger partial charge in [-0.3, -0.25) is 19.7 Å². The van der Waals surface area contributed by atoms with E-state index in [4.69, 9.17) is 0 Å². The van der Waals surface area contributed by atoms with Crippen LogP contribution in [0.15, 0.2) is 65.5 Å². The standard InChI is InChI=1S/C29H28N6O4/c36-27-7-3-6-24-18-12-19(16-33(24)27)28-21(14-17-13-20(35(38)39)8-9-25(17)34(28)15-18)29(37)30-11-10-26-31-22-4-1-2-5-23(22)32-26/h1-9,13,18-19,21,28H,10-12,14-16H2,(H,30,37)(H,31,32)/t18?,19?,21-,28+/m1/s1. The number of carbonyl (C=O) groups excluding carboxylic acids is 1. The number of imidazole rings is 1. The van der Waals surface area contributed by atoms with Gasteiger partial charge >= 0.3 is 0 Å². The summed E-state index contributed by atoms with van der Waals surface area (Å²) in [6, 6.07) is 18.1. The third-order valence-corrected chi connectivity index (χ3v) is 8.64. The fraction of sp³-hybridized carbons (Fsp3) is 0.345. The van der Waals surface area contributed by atoms with Gasteiger partial charge in [-0.1, -0.05) is 18.2 Å². The minimum absolute atomic E-state index is 0.00526. The Bertz CT molecular complexity index is 1640. The van der Waals surface area contributed by atoms with Crippen molar-refractivity contribution in [2.24, 2.45) is 11.8 Å². The van der Waals surface area contributed by atoms with E-state index in [9.17, 15) is 19.7 Å². The molecule has 1 amide bonds. The highest BCUT2D eigenvalue weighted by molar-refractivity contribution is 5.82. The van der Waals surface area contributed by atoms with Gasteiger partial charge in [0.25, 0.3) is 11.2 Å². The summed E-state index contributed by atoms with van der Waals surface area (Å²) in [5, 5.41) is 14.6. The summed E-state index contributed by atoms with van der Waals surface area (Å²) < 4.78 is 1.87. The topological polar surface area (TPSA) is 126 Å². The Balaban J connectivity index is 1.18. The van der Waals surface area contributed by atoms with Crippen molar-refractivity contribution < 1.29 is 9.72 Å². The van der Waals surface area contributed by atoms with E-state index in [2.05, 4.69) is 20.2 Å². The van der Waals surface area contributed by atoms with Crippen LogP contribution in [0.5, 0.6) is 0 Å². The molecule has 10 heteroatoms. The number of hydrogen-bond acceptors (Lipinski definition) is 6. The van der Waals surface area contributed by atoms with E-state index in [1.807, 2.05) is 47.0 Å². The lowest BCUT2D eigenvalue weighted by Gasteiger charge is -2.54. The zero-order chi connectivity index (χ0) is 26.7. The first-order valence-electron chi connectivity index (χ1n) is 13.4. The summed E-state index contributed by atoms with van der Waals surface area (Å²) in [4.78, 5) is 47.8. The molecule has 2 unspecified atom stereocenters. The molecule has 5 heterocycles. The molecule has 3 aliphatic heterocycles. The predicted molar refractivity (Wildman–Crippen MR) is 146 cm³/mol. The molecule has 2 aromatic heterocycles. The number of piperidine rings is 1. The summed E-state index contributed by atoms with van der Waals surface area (Å²) in [6.45, 7) is 1.66. The van der Waals surface area contributed by atoms with Crippen molar-refractivity contribution in [1.29, 1.82) is 0 Å². The van der Waals surface area contributed by atoms with Crippen LogP contribution in [0.1, 0.15) is 29.4 Å². The second-order valence-electron chi connectivity index (χ2n) is 10.9. The smallest absolute Gasteiger partial charge is 0.269 e. The molecular formula is C29H28N6O4. The van der Waals surface area contributed by atoms with Crippen molar-refractivity contribution in [1.82, 2.24) is 19.9 Å². The van der Waals surface area contributed by atoms with E-state index < -0.39 is 0 Å². The third kappa shape index (κ3) is 3.98. The molecule has 39 heavy (non-hydrogen) atoms. The number of benzene rings is 2. The number of pyridine rings is 1. The van der Waals surface area contributed by atoms with E-state index in [1.165, 1.54) is 0 Å². The molecule has 2 N–H and O–H groups in total. The number of fused-ring (bicyclic) bond motifs is 9. The number of H-pyrrole nitrogens is 1. The van der Waals surface area contributed by atoms with Gasteiger partial charge in [-0.25, -0.2) is 4.98 Å². The molecule has 198 valence electrons. The number of rotatable bonds is 5. The summed E-state index contributed by atoms with van der Waals surface area (Å²) >= 11 is 0. The van der Waals surface area contributed by atoms with Crippen molar-refractivity contribution in [2.75, 3.05) is 18.0 Å². The number of nitro groups is 1. The van der Waals surface area contributed by atoms with Gasteiger partial charge in [0.05, 0.1) is 21.9 Å². The monoisotopic (exact) mass is 524 g/mol. The lowest BCUT2D eigenvalue weighted by Crippen LogP contribution is -2.61. The maximum Gasteiger partial charge on any atom is 0.269 e. The molecule has 0 saturated carbocycles. The Kier molecular flexibility index (Phi) is 5.50. The molecule has 4 aromatic rings. The van der Waals surface area contributed by atoms with Crippen LogP contribution in [0.25, 0.3) is 11.0 Å². The molecule has 1 fully saturated rings. The molecule has 0 spiro atoms. The number of non-ortho nitro benzene ring substituents is 1. The summed E-state index contributed by atoms with van der Waals surface area (Å²) in [5.41, 5.74) is 4.69. The van der Waals surface area contributed by atoms with Crippen LogP contribution in [0.4, 0.5) is 11.4 Å². The highest BCUT2D eigenvalue weighted by atomic mass is 16.6. The number of aromatic amines is 1. The lowest BCUT2D eigenvalue weighted by molar-refractivity contribution is -0.384. The molecular weight excluding hydrogens is 496 g/mol. The van der Waals surface area contributed by atoms with Gasteiger partial charge < -0.3 is 19.8 Å². The fourth-order valence-electron chi connectivity index (χ4n) is 7.01. The van der Waals surface area contributed by atoms with Gasteiger partial charge in [-0.15, -0.1) is 0 Å². The average molecular weight is 525 g/mol. The normalized spacial score (nSPS) is 23.0. The number of nitro benzene ring substituents is 1. The zero-order valence-electron chi connectivity index (χ0n) is 21.2. The minimum Gasteiger partial charge on any atom is -0.366 e. The summed E-state index contributed by atoms with van der Waals surface area (Å²) in [7, 11) is 0. The van der Waals surface area contributed by atoms with Crippen LogP contribution < -0.4 is 15.8 Å². The lowest BCUT2D eigenvalue weighted by atomic mass is 9.70. The molecule has 10 nitrogen and oxygen atoms in total. The van der Waals surface area contributed by atoms with Gasteiger partial charge in [0.1, 0.15) is 5.82 Å². The van der Waals surface area contributed by atoms with E-state index in [-0.39, 0.29) is 45.9 Å². The maximum absolute atomic E-state index is 13.7. The molecule has 2 bridgehead atoms. The largest absolute Gasteiger partial charge is 0.366 e. The van der Waals surface area contributed by atoms with Crippen LogP contribution in [-0.4, -0.2) is 44.5 Å². The summed E-state index contributed by atoms with van der Waals surface area (Å²) in [6.07, 6.45) is 1.90. The van der Waals surface area contributed by atoms with Crippen LogP contribution in [-0.2, 0) is 24.2 Å². The zero-order valence-corrected chi connectivity index (χ0v) is 21.2. The highest BCUT2D eigenvalue weighted by Gasteiger charge is 2.49. The van der Waals surface area contributed by atoms with Crippen LogP contribution in [0.2, 0.25) is 0 Å². The maximum atomic E-state index is 13.7. The molecule has 0 radical (unpaired) electrons. The SMILES string of the molecule is O=C(NCCc1nc2ccccc2[nH]1)[C@@H]1Cc2cc([N+](=O)[O-])ccc2N2CC3CC(Cn4c3cccc4=O)[C@@H]12. The summed E-state index contributed by atoms with van der Waals surface area (Å²) in [5.74, 6) is 0.633. The van der Waals surface area contributed by atoms with Gasteiger partial charge in [0.15, 0.2) is 0 Å². The molecule has 7 rings (SSSR count). The number of aromatic nitrogens is 3. The van der Waals surface area contributed by atoms with Gasteiger partial charge in [-0.2, -0.15) is 0 Å². The van der Waals surface area contributed by atoms with Crippen LogP contribution >= 0.6 is 0 Å². The molecule has 0 aliphatic carbocycles. The molecule has 1 saturated heterocycles. The Labute approximate surface area is 223 Å². The highest BCUT2D eigenvalue weighted by Crippen LogP contribution is 2.47. The first-order chi connectivity index (χ1) is 19.0. The van der Waals surface area contributed by atoms with E-state index in [1.54, 1.807) is 18.2 Å². The van der Waals surface area contributed by atoms with Gasteiger partial charge in [0, 0.05) is 67.6 Å². The predicted octanol–water partition coefficient (Wildman–Crippen LogP) is 3.16.